The van der Waals surface area contributed by atoms with Crippen molar-refractivity contribution >= 4 is 0 Å². The van der Waals surface area contributed by atoms with Gasteiger partial charge in [0.1, 0.15) is 0 Å². The third-order valence-electron chi connectivity index (χ3n) is 3.09. The van der Waals surface area contributed by atoms with Crippen LogP contribution >= 0.6 is 0 Å². The Bertz CT molecular complexity index is 351. The number of hydrogen-bond acceptors (Lipinski definition) is 0. The van der Waals surface area contributed by atoms with Gasteiger partial charge in [-0.1, -0.05) is 71.9 Å². The van der Waals surface area contributed by atoms with Crippen molar-refractivity contribution in [2.75, 3.05) is 0 Å². The van der Waals surface area contributed by atoms with Crippen molar-refractivity contribution in [1.29, 1.82) is 0 Å². The summed E-state index contributed by atoms with van der Waals surface area (Å²) in [5.41, 5.74) is 3.30. The average molecular weight is 224 g/mol. The minimum atomic E-state index is 1.14. The van der Waals surface area contributed by atoms with Crippen molar-refractivity contribution in [1.82, 2.24) is 0 Å². The summed E-state index contributed by atoms with van der Waals surface area (Å²) >= 11 is 0. The molecule has 1 saturated carbocycles. The Balaban J connectivity index is 0.0000000980. The molecule has 88 valence electrons. The van der Waals surface area contributed by atoms with E-state index in [0.717, 1.165) is 12.8 Å². The smallest absolute Gasteiger partial charge is 0.0102 e. The van der Waals surface area contributed by atoms with E-state index in [1.54, 1.807) is 11.1 Å². The maximum absolute atomic E-state index is 2.26. The summed E-state index contributed by atoms with van der Waals surface area (Å²) in [5, 5.41) is 0. The van der Waals surface area contributed by atoms with Gasteiger partial charge in [0.15, 0.2) is 0 Å². The predicted molar refractivity (Wildman–Crippen MR) is 75.8 cm³/mol. The Morgan fingerprint density at radius 1 is 0.588 bits per heavy atom. The molecule has 4 aliphatic carbocycles. The Morgan fingerprint density at radius 2 is 1.00 bits per heavy atom. The maximum Gasteiger partial charge on any atom is -0.0102 e. The molecule has 4 aliphatic rings. The molecule has 0 unspecified atom stereocenters. The third-order valence-corrected chi connectivity index (χ3v) is 3.09. The molecule has 2 bridgehead atoms. The van der Waals surface area contributed by atoms with Crippen LogP contribution in [0.2, 0.25) is 0 Å². The first-order valence-corrected chi connectivity index (χ1v) is 6.46. The molecule has 0 heteroatoms. The van der Waals surface area contributed by atoms with Crippen molar-refractivity contribution in [2.45, 2.75) is 32.1 Å². The van der Waals surface area contributed by atoms with Gasteiger partial charge in [0.05, 0.1) is 0 Å². The standard InChI is InChI=1S/C7H8.2C5H6/c1-2-7-4-3-6(1)5-7;2*1-2-4-5-3-1/h1-2H,3-5H2;2*1-4H,5H2. The summed E-state index contributed by atoms with van der Waals surface area (Å²) < 4.78 is 0. The quantitative estimate of drug-likeness (QED) is 0.540. The van der Waals surface area contributed by atoms with Crippen LogP contribution in [0.1, 0.15) is 32.1 Å². The van der Waals surface area contributed by atoms with Gasteiger partial charge in [-0.25, -0.2) is 0 Å². The highest BCUT2D eigenvalue weighted by Gasteiger charge is 2.14. The van der Waals surface area contributed by atoms with Crippen LogP contribution in [0.15, 0.2) is 71.9 Å². The van der Waals surface area contributed by atoms with Gasteiger partial charge in [0.25, 0.3) is 0 Å². The van der Waals surface area contributed by atoms with E-state index in [0.29, 0.717) is 0 Å². The van der Waals surface area contributed by atoms with E-state index in [1.807, 2.05) is 0 Å². The Hall–Kier alpha value is -1.56. The summed E-state index contributed by atoms with van der Waals surface area (Å²) in [5.74, 6) is 0. The van der Waals surface area contributed by atoms with Gasteiger partial charge in [-0.15, -0.1) is 0 Å². The lowest BCUT2D eigenvalue weighted by atomic mass is 10.2. The fourth-order valence-corrected chi connectivity index (χ4v) is 2.10. The first-order valence-electron chi connectivity index (χ1n) is 6.46. The largest absolute Gasteiger partial charge is 0.0808 e. The normalized spacial score (nSPS) is 20.7. The number of hydrogen-bond donors (Lipinski definition) is 0. The van der Waals surface area contributed by atoms with Gasteiger partial charge in [0, 0.05) is 0 Å². The number of rotatable bonds is 0. The lowest BCUT2D eigenvalue weighted by Crippen LogP contribution is -1.67. The molecule has 0 atom stereocenters. The van der Waals surface area contributed by atoms with Crippen LogP contribution < -0.4 is 0 Å². The topological polar surface area (TPSA) is 0 Å². The maximum atomic E-state index is 2.26. The van der Waals surface area contributed by atoms with Crippen LogP contribution in [0.4, 0.5) is 0 Å². The molecule has 0 aromatic carbocycles. The molecule has 0 saturated heterocycles. The fourth-order valence-electron chi connectivity index (χ4n) is 2.10. The minimum absolute atomic E-state index is 1.14. The molecule has 0 aromatic heterocycles. The molecule has 0 N–H and O–H groups in total. The Morgan fingerprint density at radius 3 is 1.12 bits per heavy atom. The highest BCUT2D eigenvalue weighted by Crippen LogP contribution is 2.34. The number of allylic oxidation sites excluding steroid dienone is 12. The van der Waals surface area contributed by atoms with E-state index in [4.69, 9.17) is 0 Å². The highest BCUT2D eigenvalue weighted by molar-refractivity contribution is 5.36. The summed E-state index contributed by atoms with van der Waals surface area (Å²) in [4.78, 5) is 0. The van der Waals surface area contributed by atoms with Crippen LogP contribution in [0.5, 0.6) is 0 Å². The molecule has 4 rings (SSSR count). The average Bonchev–Trinajstić information content (AvgIpc) is 3.16. The van der Waals surface area contributed by atoms with Crippen LogP contribution in [0.3, 0.4) is 0 Å². The SMILES string of the molecule is C1=C2CCC(=C1)C2.C1=CCC=C1.C1=CCC=C1. The second-order valence-electron chi connectivity index (χ2n) is 4.51. The van der Waals surface area contributed by atoms with E-state index in [-0.39, 0.29) is 0 Å². The van der Waals surface area contributed by atoms with Crippen LogP contribution in [0, 0.1) is 0 Å². The summed E-state index contributed by atoms with van der Waals surface area (Å²) in [7, 11) is 0. The summed E-state index contributed by atoms with van der Waals surface area (Å²) in [6, 6.07) is 0. The molecule has 0 aliphatic heterocycles. The molecular weight excluding hydrogens is 204 g/mol. The molecule has 1 fully saturated rings. The zero-order chi connectivity index (χ0) is 11.8. The molecular formula is C17H20. The van der Waals surface area contributed by atoms with E-state index in [1.165, 1.54) is 19.3 Å². The molecule has 17 heavy (non-hydrogen) atoms. The first kappa shape index (κ1) is 11.9. The van der Waals surface area contributed by atoms with Crippen molar-refractivity contribution in [2.24, 2.45) is 0 Å². The van der Waals surface area contributed by atoms with Crippen LogP contribution in [-0.4, -0.2) is 0 Å². The lowest BCUT2D eigenvalue weighted by molar-refractivity contribution is 1.04. The van der Waals surface area contributed by atoms with Crippen LogP contribution in [-0.2, 0) is 0 Å². The van der Waals surface area contributed by atoms with Gasteiger partial charge in [-0.3, -0.25) is 0 Å². The highest BCUT2D eigenvalue weighted by atomic mass is 14.2. The monoisotopic (exact) mass is 224 g/mol. The van der Waals surface area contributed by atoms with Crippen molar-refractivity contribution in [3.05, 3.63) is 71.9 Å². The molecule has 0 aromatic rings. The van der Waals surface area contributed by atoms with Crippen molar-refractivity contribution in [3.63, 3.8) is 0 Å². The predicted octanol–water partition coefficient (Wildman–Crippen LogP) is 5.04. The molecule has 0 spiro atoms. The zero-order valence-electron chi connectivity index (χ0n) is 10.3. The molecule has 0 nitrogen and oxygen atoms in total. The van der Waals surface area contributed by atoms with E-state index < -0.39 is 0 Å². The van der Waals surface area contributed by atoms with Gasteiger partial charge in [-0.2, -0.15) is 0 Å². The Labute approximate surface area is 104 Å². The third kappa shape index (κ3) is 4.44. The molecule has 0 radical (unpaired) electrons. The molecule has 0 amide bonds. The zero-order valence-corrected chi connectivity index (χ0v) is 10.3. The second-order valence-corrected chi connectivity index (χ2v) is 4.51. The molecule has 0 heterocycles. The summed E-state index contributed by atoms with van der Waals surface area (Å²) in [6.07, 6.45) is 27.5. The minimum Gasteiger partial charge on any atom is -0.0808 e. The fraction of sp³-hybridized carbons (Fsp3) is 0.294. The Kier molecular flexibility index (Phi) is 4.84. The second kappa shape index (κ2) is 6.90. The summed E-state index contributed by atoms with van der Waals surface area (Å²) in [6.45, 7) is 0. The van der Waals surface area contributed by atoms with E-state index in [9.17, 15) is 0 Å². The first-order chi connectivity index (χ1) is 8.45. The lowest BCUT2D eigenvalue weighted by Gasteiger charge is -1.87. The van der Waals surface area contributed by atoms with Crippen molar-refractivity contribution in [3.8, 4) is 0 Å². The van der Waals surface area contributed by atoms with Crippen LogP contribution in [0.25, 0.3) is 0 Å². The van der Waals surface area contributed by atoms with Gasteiger partial charge in [0.2, 0.25) is 0 Å². The van der Waals surface area contributed by atoms with Gasteiger partial charge < -0.3 is 0 Å². The van der Waals surface area contributed by atoms with E-state index >= 15 is 0 Å². The van der Waals surface area contributed by atoms with Gasteiger partial charge >= 0.3 is 0 Å². The van der Waals surface area contributed by atoms with E-state index in [2.05, 4.69) is 60.8 Å². The van der Waals surface area contributed by atoms with Gasteiger partial charge in [-0.05, 0) is 32.1 Å². The van der Waals surface area contributed by atoms with Crippen molar-refractivity contribution < 1.29 is 0 Å². The number of fused-ring (bicyclic) bond motifs is 2.